The van der Waals surface area contributed by atoms with E-state index in [9.17, 15) is 18.0 Å². The van der Waals surface area contributed by atoms with E-state index in [1.807, 2.05) is 13.8 Å². The lowest BCUT2D eigenvalue weighted by Gasteiger charge is -2.34. The first-order chi connectivity index (χ1) is 15.8. The highest BCUT2D eigenvalue weighted by molar-refractivity contribution is 7.89. The minimum Gasteiger partial charge on any atom is -0.477 e. The standard InChI is InChI=1S/C24H27N3O5S/c1-4-15-25-33(30,31)19-13-11-17(12-14-19)24(29)27-16-22(23(28)26-18(5-2)6-3)32-21-10-8-7-9-20(21)27/h1,7-14,18,22,25H,5-6,15-16H2,2-3H3,(H,26,28)/t22-/m0/s1. The predicted molar refractivity (Wildman–Crippen MR) is 126 cm³/mol. The van der Waals surface area contributed by atoms with Gasteiger partial charge in [0.15, 0.2) is 6.10 Å². The van der Waals surface area contributed by atoms with Gasteiger partial charge in [0.2, 0.25) is 10.0 Å². The fourth-order valence-corrected chi connectivity index (χ4v) is 4.44. The minimum atomic E-state index is -3.77. The molecule has 0 radical (unpaired) electrons. The predicted octanol–water partition coefficient (Wildman–Crippen LogP) is 2.31. The van der Waals surface area contributed by atoms with Gasteiger partial charge in [-0.05, 0) is 49.2 Å². The van der Waals surface area contributed by atoms with E-state index in [1.165, 1.54) is 29.2 Å². The second-order valence-corrected chi connectivity index (χ2v) is 9.33. The second kappa shape index (κ2) is 10.5. The van der Waals surface area contributed by atoms with Gasteiger partial charge in [-0.3, -0.25) is 9.59 Å². The van der Waals surface area contributed by atoms with Crippen molar-refractivity contribution < 1.29 is 22.7 Å². The number of benzene rings is 2. The maximum absolute atomic E-state index is 13.3. The summed E-state index contributed by atoms with van der Waals surface area (Å²) in [4.78, 5) is 27.6. The summed E-state index contributed by atoms with van der Waals surface area (Å²) in [5.41, 5.74) is 0.822. The average molecular weight is 470 g/mol. The lowest BCUT2D eigenvalue weighted by molar-refractivity contribution is -0.128. The van der Waals surface area contributed by atoms with Crippen LogP contribution in [-0.4, -0.2) is 45.5 Å². The van der Waals surface area contributed by atoms with E-state index in [0.717, 1.165) is 12.8 Å². The number of amides is 2. The Morgan fingerprint density at radius 3 is 2.45 bits per heavy atom. The van der Waals surface area contributed by atoms with Crippen LogP contribution in [0.2, 0.25) is 0 Å². The summed E-state index contributed by atoms with van der Waals surface area (Å²) >= 11 is 0. The number of terminal acetylenes is 1. The Morgan fingerprint density at radius 1 is 1.15 bits per heavy atom. The number of carbonyl (C=O) groups is 2. The van der Waals surface area contributed by atoms with E-state index in [1.54, 1.807) is 24.3 Å². The maximum Gasteiger partial charge on any atom is 0.263 e. The van der Waals surface area contributed by atoms with Gasteiger partial charge >= 0.3 is 0 Å². The maximum atomic E-state index is 13.3. The van der Waals surface area contributed by atoms with Gasteiger partial charge in [0.05, 0.1) is 23.7 Å². The van der Waals surface area contributed by atoms with Gasteiger partial charge in [0, 0.05) is 11.6 Å². The first kappa shape index (κ1) is 24.3. The van der Waals surface area contributed by atoms with Gasteiger partial charge in [-0.25, -0.2) is 8.42 Å². The minimum absolute atomic E-state index is 0.000829. The van der Waals surface area contributed by atoms with Crippen molar-refractivity contribution in [2.75, 3.05) is 18.0 Å². The molecule has 8 nitrogen and oxygen atoms in total. The molecule has 1 heterocycles. The molecule has 0 saturated carbocycles. The molecule has 33 heavy (non-hydrogen) atoms. The van der Waals surface area contributed by atoms with Crippen molar-refractivity contribution in [3.63, 3.8) is 0 Å². The van der Waals surface area contributed by atoms with Crippen LogP contribution < -0.4 is 19.7 Å². The molecule has 0 spiro atoms. The Balaban J connectivity index is 1.85. The van der Waals surface area contributed by atoms with Gasteiger partial charge in [-0.2, -0.15) is 4.72 Å². The number of rotatable bonds is 8. The van der Waals surface area contributed by atoms with Crippen molar-refractivity contribution in [2.45, 2.75) is 43.7 Å². The van der Waals surface area contributed by atoms with Crippen molar-refractivity contribution in [2.24, 2.45) is 0 Å². The second-order valence-electron chi connectivity index (χ2n) is 7.57. The highest BCUT2D eigenvalue weighted by atomic mass is 32.2. The lowest BCUT2D eigenvalue weighted by Crippen LogP contribution is -2.52. The summed E-state index contributed by atoms with van der Waals surface area (Å²) in [6.07, 6.45) is 5.83. The van der Waals surface area contributed by atoms with Crippen molar-refractivity contribution in [3.8, 4) is 18.1 Å². The number of ether oxygens (including phenoxy) is 1. The summed E-state index contributed by atoms with van der Waals surface area (Å²) < 4.78 is 32.6. The van der Waals surface area contributed by atoms with Crippen LogP contribution in [0.1, 0.15) is 37.0 Å². The first-order valence-electron chi connectivity index (χ1n) is 10.7. The van der Waals surface area contributed by atoms with Crippen LogP contribution in [-0.2, 0) is 14.8 Å². The normalized spacial score (nSPS) is 15.3. The third kappa shape index (κ3) is 5.53. The third-order valence-electron chi connectivity index (χ3n) is 5.42. The number of fused-ring (bicyclic) bond motifs is 1. The summed E-state index contributed by atoms with van der Waals surface area (Å²) in [5.74, 6) is 1.99. The number of carbonyl (C=O) groups excluding carboxylic acids is 2. The Kier molecular flexibility index (Phi) is 7.74. The van der Waals surface area contributed by atoms with E-state index in [0.29, 0.717) is 11.4 Å². The summed E-state index contributed by atoms with van der Waals surface area (Å²) in [6, 6.07) is 12.6. The number of sulfonamides is 1. The molecular weight excluding hydrogens is 442 g/mol. The van der Waals surface area contributed by atoms with Crippen molar-refractivity contribution in [1.29, 1.82) is 0 Å². The number of nitrogens with one attached hydrogen (secondary N) is 2. The molecule has 1 atom stereocenters. The molecule has 2 aromatic rings. The largest absolute Gasteiger partial charge is 0.477 e. The van der Waals surface area contributed by atoms with Gasteiger partial charge in [0.25, 0.3) is 11.8 Å². The summed E-state index contributed by atoms with van der Waals surface area (Å²) in [5, 5.41) is 2.97. The van der Waals surface area contributed by atoms with Gasteiger partial charge in [-0.15, -0.1) is 6.42 Å². The number of para-hydroxylation sites is 2. The van der Waals surface area contributed by atoms with Crippen LogP contribution in [0.5, 0.6) is 5.75 Å². The third-order valence-corrected chi connectivity index (χ3v) is 6.84. The molecule has 0 aliphatic carbocycles. The molecular formula is C24H27N3O5S. The van der Waals surface area contributed by atoms with Crippen LogP contribution in [0.15, 0.2) is 53.4 Å². The van der Waals surface area contributed by atoms with Crippen molar-refractivity contribution >= 4 is 27.5 Å². The fraction of sp³-hybridized carbons (Fsp3) is 0.333. The molecule has 0 aromatic heterocycles. The molecule has 9 heteroatoms. The van der Waals surface area contributed by atoms with E-state index < -0.39 is 16.1 Å². The molecule has 0 fully saturated rings. The highest BCUT2D eigenvalue weighted by Gasteiger charge is 2.34. The SMILES string of the molecule is C#CCNS(=O)(=O)c1ccc(C(=O)N2C[C@@H](C(=O)NC(CC)CC)Oc3ccccc32)cc1. The van der Waals surface area contributed by atoms with Crippen molar-refractivity contribution in [1.82, 2.24) is 10.0 Å². The number of anilines is 1. The first-order valence-corrected chi connectivity index (χ1v) is 12.2. The molecule has 0 bridgehead atoms. The van der Waals surface area contributed by atoms with Crippen LogP contribution in [0, 0.1) is 12.3 Å². The topological polar surface area (TPSA) is 105 Å². The Hall–Kier alpha value is -3.35. The van der Waals surface area contributed by atoms with Crippen LogP contribution in [0.4, 0.5) is 5.69 Å². The average Bonchev–Trinajstić information content (AvgIpc) is 2.84. The van der Waals surface area contributed by atoms with Crippen molar-refractivity contribution in [3.05, 3.63) is 54.1 Å². The molecule has 0 saturated heterocycles. The molecule has 174 valence electrons. The van der Waals surface area contributed by atoms with Gasteiger partial charge < -0.3 is 15.0 Å². The number of hydrogen-bond acceptors (Lipinski definition) is 5. The fourth-order valence-electron chi connectivity index (χ4n) is 3.50. The quantitative estimate of drug-likeness (QED) is 0.578. The summed E-state index contributed by atoms with van der Waals surface area (Å²) in [6.45, 7) is 3.89. The zero-order valence-electron chi connectivity index (χ0n) is 18.6. The monoisotopic (exact) mass is 469 g/mol. The smallest absolute Gasteiger partial charge is 0.263 e. The Morgan fingerprint density at radius 2 is 1.82 bits per heavy atom. The molecule has 2 amide bonds. The highest BCUT2D eigenvalue weighted by Crippen LogP contribution is 2.34. The van der Waals surface area contributed by atoms with E-state index in [4.69, 9.17) is 11.2 Å². The van der Waals surface area contributed by atoms with Crippen LogP contribution in [0.3, 0.4) is 0 Å². The van der Waals surface area contributed by atoms with Gasteiger partial charge in [0.1, 0.15) is 5.75 Å². The zero-order chi connectivity index (χ0) is 24.0. The summed E-state index contributed by atoms with van der Waals surface area (Å²) in [7, 11) is -3.77. The van der Waals surface area contributed by atoms with E-state index in [2.05, 4.69) is 16.0 Å². The Bertz CT molecular complexity index is 1150. The van der Waals surface area contributed by atoms with Crippen LogP contribution in [0.25, 0.3) is 0 Å². The van der Waals surface area contributed by atoms with Gasteiger partial charge in [-0.1, -0.05) is 31.9 Å². The molecule has 0 unspecified atom stereocenters. The Labute approximate surface area is 194 Å². The number of nitrogens with zero attached hydrogens (tertiary/aromatic N) is 1. The molecule has 1 aliphatic heterocycles. The molecule has 2 N–H and O–H groups in total. The number of hydrogen-bond donors (Lipinski definition) is 2. The van der Waals surface area contributed by atoms with E-state index in [-0.39, 0.29) is 41.4 Å². The van der Waals surface area contributed by atoms with E-state index >= 15 is 0 Å². The molecule has 1 aliphatic rings. The molecule has 3 rings (SSSR count). The zero-order valence-corrected chi connectivity index (χ0v) is 19.4. The van der Waals surface area contributed by atoms with Crippen LogP contribution >= 0.6 is 0 Å². The molecule has 2 aromatic carbocycles. The lowest BCUT2D eigenvalue weighted by atomic mass is 10.1.